The van der Waals surface area contributed by atoms with Crippen LogP contribution in [0.5, 0.6) is 5.75 Å². The van der Waals surface area contributed by atoms with Gasteiger partial charge in [0.1, 0.15) is 12.0 Å². The molecule has 0 saturated carbocycles. The van der Waals surface area contributed by atoms with Crippen LogP contribution in [0.4, 0.5) is 0 Å². The van der Waals surface area contributed by atoms with Crippen molar-refractivity contribution in [3.05, 3.63) is 102 Å². The predicted octanol–water partition coefficient (Wildman–Crippen LogP) is 6.34. The maximum Gasteiger partial charge on any atom is 0.149 e. The summed E-state index contributed by atoms with van der Waals surface area (Å²) in [5, 5.41) is 0. The molecule has 0 aliphatic heterocycles. The lowest BCUT2D eigenvalue weighted by molar-refractivity contribution is 0.0815. The molecular weight excluding hydrogens is 342 g/mol. The Kier molecular flexibility index (Phi) is 6.67. The van der Waals surface area contributed by atoms with E-state index in [1.807, 2.05) is 25.9 Å². The Morgan fingerprint density at radius 1 is 0.750 bits per heavy atom. The minimum atomic E-state index is 0.0329. The fourth-order valence-electron chi connectivity index (χ4n) is 3.29. The van der Waals surface area contributed by atoms with Crippen LogP contribution < -0.4 is 4.74 Å². The zero-order valence-electron chi connectivity index (χ0n) is 17.2. The number of hydrogen-bond donors (Lipinski definition) is 0. The lowest BCUT2D eigenvalue weighted by Crippen LogP contribution is -2.30. The summed E-state index contributed by atoms with van der Waals surface area (Å²) in [7, 11) is 4.03. The van der Waals surface area contributed by atoms with Crippen molar-refractivity contribution in [1.29, 1.82) is 0 Å². The van der Waals surface area contributed by atoms with Gasteiger partial charge in [0, 0.05) is 0 Å². The van der Waals surface area contributed by atoms with Gasteiger partial charge < -0.3 is 4.74 Å². The molecule has 0 heterocycles. The second-order valence-corrected chi connectivity index (χ2v) is 7.14. The molecule has 0 aromatic heterocycles. The van der Waals surface area contributed by atoms with Crippen molar-refractivity contribution in [1.82, 2.24) is 4.90 Å². The van der Waals surface area contributed by atoms with Crippen LogP contribution in [-0.4, -0.2) is 25.2 Å². The van der Waals surface area contributed by atoms with Crippen molar-refractivity contribution in [3.63, 3.8) is 0 Å². The lowest BCUT2D eigenvalue weighted by atomic mass is 9.88. The normalized spacial score (nSPS) is 13.2. The fraction of sp³-hybridized carbons (Fsp3) is 0.231. The maximum absolute atomic E-state index is 6.00. The standard InChI is InChI=1S/C26H29NO/c1-5-25(21-12-8-6-9-13-21)26(22-14-10-7-11-15-22)23-16-18-24(19-17-23)28-20(2)27(3)4/h6-20H,5H2,1-4H3. The van der Waals surface area contributed by atoms with Crippen molar-refractivity contribution in [2.45, 2.75) is 26.5 Å². The van der Waals surface area contributed by atoms with E-state index in [4.69, 9.17) is 4.74 Å². The molecule has 0 spiro atoms. The topological polar surface area (TPSA) is 12.5 Å². The molecule has 2 nitrogen and oxygen atoms in total. The van der Waals surface area contributed by atoms with E-state index in [1.165, 1.54) is 27.8 Å². The lowest BCUT2D eigenvalue weighted by Gasteiger charge is -2.21. The zero-order valence-corrected chi connectivity index (χ0v) is 17.2. The van der Waals surface area contributed by atoms with Gasteiger partial charge in [-0.25, -0.2) is 0 Å². The second-order valence-electron chi connectivity index (χ2n) is 7.14. The number of allylic oxidation sites excluding steroid dienone is 1. The first-order chi connectivity index (χ1) is 13.6. The van der Waals surface area contributed by atoms with Gasteiger partial charge in [-0.3, -0.25) is 4.90 Å². The Morgan fingerprint density at radius 2 is 1.25 bits per heavy atom. The molecule has 1 unspecified atom stereocenters. The van der Waals surface area contributed by atoms with Crippen LogP contribution in [0.3, 0.4) is 0 Å². The van der Waals surface area contributed by atoms with Crippen LogP contribution in [-0.2, 0) is 0 Å². The van der Waals surface area contributed by atoms with E-state index < -0.39 is 0 Å². The van der Waals surface area contributed by atoms with Crippen LogP contribution in [0.2, 0.25) is 0 Å². The van der Waals surface area contributed by atoms with E-state index in [9.17, 15) is 0 Å². The summed E-state index contributed by atoms with van der Waals surface area (Å²) in [5.41, 5.74) is 6.34. The largest absolute Gasteiger partial charge is 0.475 e. The molecule has 2 heteroatoms. The second kappa shape index (κ2) is 9.38. The number of rotatable bonds is 7. The summed E-state index contributed by atoms with van der Waals surface area (Å²) in [4.78, 5) is 2.05. The van der Waals surface area contributed by atoms with E-state index in [0.717, 1.165) is 12.2 Å². The Bertz CT molecular complexity index is 896. The van der Waals surface area contributed by atoms with Gasteiger partial charge >= 0.3 is 0 Å². The van der Waals surface area contributed by atoms with Crippen LogP contribution in [0.1, 0.15) is 37.0 Å². The van der Waals surface area contributed by atoms with E-state index in [0.29, 0.717) is 0 Å². The third kappa shape index (κ3) is 4.71. The van der Waals surface area contributed by atoms with Crippen LogP contribution in [0.25, 0.3) is 11.1 Å². The number of benzene rings is 3. The highest BCUT2D eigenvalue weighted by Crippen LogP contribution is 2.34. The van der Waals surface area contributed by atoms with E-state index in [-0.39, 0.29) is 6.23 Å². The Labute approximate surface area is 169 Å². The SMILES string of the molecule is CCC(=C(c1ccccc1)c1ccc(OC(C)N(C)C)cc1)c1ccccc1. The molecule has 0 amide bonds. The summed E-state index contributed by atoms with van der Waals surface area (Å²) in [5.74, 6) is 0.884. The van der Waals surface area contributed by atoms with Gasteiger partial charge in [0.2, 0.25) is 0 Å². The minimum Gasteiger partial charge on any atom is -0.475 e. The molecule has 0 saturated heterocycles. The highest BCUT2D eigenvalue weighted by Gasteiger charge is 2.13. The molecule has 144 valence electrons. The monoisotopic (exact) mass is 371 g/mol. The smallest absolute Gasteiger partial charge is 0.149 e. The third-order valence-corrected chi connectivity index (χ3v) is 5.02. The third-order valence-electron chi connectivity index (χ3n) is 5.02. The molecule has 3 aromatic carbocycles. The molecule has 0 aliphatic rings. The molecule has 0 N–H and O–H groups in total. The fourth-order valence-corrected chi connectivity index (χ4v) is 3.29. The van der Waals surface area contributed by atoms with Crippen molar-refractivity contribution in [2.24, 2.45) is 0 Å². The van der Waals surface area contributed by atoms with E-state index in [1.54, 1.807) is 0 Å². The van der Waals surface area contributed by atoms with Gasteiger partial charge in [-0.05, 0) is 67.4 Å². The van der Waals surface area contributed by atoms with Crippen molar-refractivity contribution in [3.8, 4) is 5.75 Å². The number of ether oxygens (including phenoxy) is 1. The van der Waals surface area contributed by atoms with Crippen molar-refractivity contribution in [2.75, 3.05) is 14.1 Å². The summed E-state index contributed by atoms with van der Waals surface area (Å²) in [6.45, 7) is 4.27. The van der Waals surface area contributed by atoms with Crippen LogP contribution >= 0.6 is 0 Å². The maximum atomic E-state index is 6.00. The molecular formula is C26H29NO. The molecule has 0 fully saturated rings. The number of hydrogen-bond acceptors (Lipinski definition) is 2. The number of nitrogens with zero attached hydrogens (tertiary/aromatic N) is 1. The van der Waals surface area contributed by atoms with Gasteiger partial charge in [0.25, 0.3) is 0 Å². The van der Waals surface area contributed by atoms with Crippen molar-refractivity contribution < 1.29 is 4.74 Å². The first-order valence-corrected chi connectivity index (χ1v) is 9.87. The predicted molar refractivity (Wildman–Crippen MR) is 119 cm³/mol. The summed E-state index contributed by atoms with van der Waals surface area (Å²) < 4.78 is 6.00. The molecule has 0 aliphatic carbocycles. The first kappa shape index (κ1) is 19.9. The Hall–Kier alpha value is -2.84. The van der Waals surface area contributed by atoms with Crippen molar-refractivity contribution >= 4 is 11.1 Å². The van der Waals surface area contributed by atoms with Gasteiger partial charge in [-0.1, -0.05) is 79.7 Å². The molecule has 0 radical (unpaired) electrons. The van der Waals surface area contributed by atoms with Gasteiger partial charge in [-0.15, -0.1) is 0 Å². The van der Waals surface area contributed by atoms with Gasteiger partial charge in [0.05, 0.1) is 0 Å². The van der Waals surface area contributed by atoms with Crippen LogP contribution in [0, 0.1) is 0 Å². The van der Waals surface area contributed by atoms with Crippen LogP contribution in [0.15, 0.2) is 84.9 Å². The van der Waals surface area contributed by atoms with E-state index in [2.05, 4.69) is 91.9 Å². The molecule has 0 bridgehead atoms. The first-order valence-electron chi connectivity index (χ1n) is 9.87. The summed E-state index contributed by atoms with van der Waals surface area (Å²) in [6, 6.07) is 29.8. The molecule has 3 aromatic rings. The summed E-state index contributed by atoms with van der Waals surface area (Å²) >= 11 is 0. The summed E-state index contributed by atoms with van der Waals surface area (Å²) in [6.07, 6.45) is 0.995. The zero-order chi connectivity index (χ0) is 19.9. The van der Waals surface area contributed by atoms with Gasteiger partial charge in [0.15, 0.2) is 0 Å². The Morgan fingerprint density at radius 3 is 1.75 bits per heavy atom. The Balaban J connectivity index is 2.07. The average Bonchev–Trinajstić information content (AvgIpc) is 2.74. The molecule has 28 heavy (non-hydrogen) atoms. The van der Waals surface area contributed by atoms with E-state index >= 15 is 0 Å². The average molecular weight is 372 g/mol. The highest BCUT2D eigenvalue weighted by atomic mass is 16.5. The molecule has 1 atom stereocenters. The highest BCUT2D eigenvalue weighted by molar-refractivity contribution is 5.98. The van der Waals surface area contributed by atoms with Gasteiger partial charge in [-0.2, -0.15) is 0 Å². The minimum absolute atomic E-state index is 0.0329. The molecule has 3 rings (SSSR count). The quantitative estimate of drug-likeness (QED) is 0.355.